The van der Waals surface area contributed by atoms with Gasteiger partial charge in [-0.05, 0) is 23.6 Å². The number of nitrogen functional groups attached to an aromatic ring is 1. The van der Waals surface area contributed by atoms with Gasteiger partial charge in [-0.25, -0.2) is 0 Å². The van der Waals surface area contributed by atoms with Crippen molar-refractivity contribution in [3.8, 4) is 11.3 Å². The normalized spacial score (nSPS) is 11.3. The van der Waals surface area contributed by atoms with Gasteiger partial charge in [0.25, 0.3) is 0 Å². The zero-order chi connectivity index (χ0) is 18.1. The van der Waals surface area contributed by atoms with Crippen LogP contribution in [0.25, 0.3) is 16.9 Å². The van der Waals surface area contributed by atoms with E-state index < -0.39 is 0 Å². The number of rotatable bonds is 5. The van der Waals surface area contributed by atoms with E-state index >= 15 is 0 Å². The molecule has 0 aromatic carbocycles. The molecule has 0 fully saturated rings. The molecule has 0 radical (unpaired) electrons. The van der Waals surface area contributed by atoms with E-state index in [1.165, 1.54) is 0 Å². The second kappa shape index (κ2) is 6.47. The van der Waals surface area contributed by atoms with Gasteiger partial charge < -0.3 is 15.5 Å². The van der Waals surface area contributed by atoms with Crippen LogP contribution in [0.3, 0.4) is 0 Å². The van der Waals surface area contributed by atoms with E-state index in [-0.39, 0.29) is 5.95 Å². The fourth-order valence-corrected chi connectivity index (χ4v) is 2.72. The number of fused-ring (bicyclic) bond motifs is 1. The van der Waals surface area contributed by atoms with Crippen molar-refractivity contribution in [3.05, 3.63) is 54.2 Å². The molecule has 0 spiro atoms. The smallest absolute Gasteiger partial charge is 0.229 e. The second-order valence-electron chi connectivity index (χ2n) is 6.31. The first-order valence-electron chi connectivity index (χ1n) is 8.34. The first kappa shape index (κ1) is 16.1. The number of pyridine rings is 1. The molecule has 0 bridgehead atoms. The molecule has 0 aliphatic carbocycles. The van der Waals surface area contributed by atoms with Crippen molar-refractivity contribution in [2.45, 2.75) is 26.3 Å². The van der Waals surface area contributed by atoms with Gasteiger partial charge in [-0.2, -0.15) is 19.6 Å². The molecule has 0 unspecified atom stereocenters. The summed E-state index contributed by atoms with van der Waals surface area (Å²) in [5.74, 6) is 1.07. The van der Waals surface area contributed by atoms with E-state index in [4.69, 9.17) is 10.2 Å². The van der Waals surface area contributed by atoms with Gasteiger partial charge in [-0.1, -0.05) is 19.9 Å². The molecule has 4 rings (SSSR count). The number of nitrogens with one attached hydrogen (secondary N) is 1. The summed E-state index contributed by atoms with van der Waals surface area (Å²) in [5, 5.41) is 7.65. The molecule has 8 nitrogen and oxygen atoms in total. The molecule has 4 aromatic heterocycles. The molecule has 0 aliphatic rings. The number of nitrogens with zero attached hydrogens (tertiary/aromatic N) is 5. The number of anilines is 2. The summed E-state index contributed by atoms with van der Waals surface area (Å²) in [4.78, 5) is 13.0. The topological polar surface area (TPSA) is 107 Å². The number of furan rings is 1. The Bertz CT molecular complexity index is 1020. The summed E-state index contributed by atoms with van der Waals surface area (Å²) in [6.45, 7) is 4.73. The van der Waals surface area contributed by atoms with E-state index in [1.54, 1.807) is 23.2 Å². The third-order valence-corrected chi connectivity index (χ3v) is 4.13. The van der Waals surface area contributed by atoms with Gasteiger partial charge in [-0.15, -0.1) is 0 Å². The van der Waals surface area contributed by atoms with Crippen LogP contribution < -0.4 is 11.1 Å². The summed E-state index contributed by atoms with van der Waals surface area (Å²) in [5.41, 5.74) is 10.5. The summed E-state index contributed by atoms with van der Waals surface area (Å²) < 4.78 is 6.77. The quantitative estimate of drug-likeness (QED) is 0.570. The third-order valence-electron chi connectivity index (χ3n) is 4.13. The largest absolute Gasteiger partial charge is 0.472 e. The zero-order valence-electron chi connectivity index (χ0n) is 14.5. The van der Waals surface area contributed by atoms with Crippen molar-refractivity contribution in [2.24, 2.45) is 0 Å². The number of nitrogens with two attached hydrogens (primary N) is 1. The lowest BCUT2D eigenvalue weighted by molar-refractivity contribution is 0.568. The summed E-state index contributed by atoms with van der Waals surface area (Å²) in [6.07, 6.45) is 6.93. The van der Waals surface area contributed by atoms with Crippen LogP contribution in [0.4, 0.5) is 11.9 Å². The van der Waals surface area contributed by atoms with E-state index in [9.17, 15) is 0 Å². The highest BCUT2D eigenvalue weighted by atomic mass is 16.3. The van der Waals surface area contributed by atoms with Crippen molar-refractivity contribution in [2.75, 3.05) is 11.1 Å². The predicted octanol–water partition coefficient (Wildman–Crippen LogP) is 3.10. The Morgan fingerprint density at radius 1 is 1.19 bits per heavy atom. The average molecular weight is 349 g/mol. The van der Waals surface area contributed by atoms with Gasteiger partial charge in [0.05, 0.1) is 24.4 Å². The van der Waals surface area contributed by atoms with Crippen LogP contribution in [0.2, 0.25) is 0 Å². The zero-order valence-corrected chi connectivity index (χ0v) is 14.5. The van der Waals surface area contributed by atoms with Gasteiger partial charge in [-0.3, -0.25) is 4.98 Å². The highest BCUT2D eigenvalue weighted by molar-refractivity contribution is 5.57. The highest BCUT2D eigenvalue weighted by Gasteiger charge is 2.14. The molecule has 4 heterocycles. The van der Waals surface area contributed by atoms with Crippen molar-refractivity contribution in [1.29, 1.82) is 0 Å². The number of hydrogen-bond donors (Lipinski definition) is 2. The number of hydrogen-bond acceptors (Lipinski definition) is 7. The van der Waals surface area contributed by atoms with Crippen molar-refractivity contribution < 1.29 is 4.42 Å². The molecule has 8 heteroatoms. The lowest BCUT2D eigenvalue weighted by Crippen LogP contribution is -2.11. The minimum Gasteiger partial charge on any atom is -0.472 e. The van der Waals surface area contributed by atoms with Crippen molar-refractivity contribution in [1.82, 2.24) is 24.6 Å². The third kappa shape index (κ3) is 2.97. The highest BCUT2D eigenvalue weighted by Crippen LogP contribution is 2.22. The van der Waals surface area contributed by atoms with Gasteiger partial charge in [0.2, 0.25) is 11.9 Å². The Balaban J connectivity index is 1.56. The molecule has 26 heavy (non-hydrogen) atoms. The van der Waals surface area contributed by atoms with E-state index in [0.717, 1.165) is 28.0 Å². The fraction of sp³-hybridized carbons (Fsp3) is 0.222. The molecular weight excluding hydrogens is 330 g/mol. The molecule has 3 N–H and O–H groups in total. The minimum atomic E-state index is 0.218. The Morgan fingerprint density at radius 2 is 2.08 bits per heavy atom. The average Bonchev–Trinajstić information content (AvgIpc) is 3.29. The Kier molecular flexibility index (Phi) is 4.00. The summed E-state index contributed by atoms with van der Waals surface area (Å²) in [6, 6.07) is 5.84. The maximum Gasteiger partial charge on any atom is 0.229 e. The Labute approximate surface area is 150 Å². The minimum absolute atomic E-state index is 0.218. The summed E-state index contributed by atoms with van der Waals surface area (Å²) in [7, 11) is 0. The Hall–Kier alpha value is -3.42. The molecule has 0 amide bonds. The molecule has 132 valence electrons. The lowest BCUT2D eigenvalue weighted by Gasteiger charge is -2.09. The van der Waals surface area contributed by atoms with Gasteiger partial charge >= 0.3 is 0 Å². The van der Waals surface area contributed by atoms with E-state index in [1.807, 2.05) is 24.4 Å². The maximum atomic E-state index is 5.87. The molecule has 0 saturated heterocycles. The van der Waals surface area contributed by atoms with Gasteiger partial charge in [0.1, 0.15) is 0 Å². The van der Waals surface area contributed by atoms with Crippen molar-refractivity contribution in [3.63, 3.8) is 0 Å². The molecule has 0 aliphatic heterocycles. The number of aromatic nitrogens is 5. The SMILES string of the molecule is CC(C)c1cnn2c(NCc3ccc(-c4ccoc4)nc3)nc(N)nc12. The van der Waals surface area contributed by atoms with Crippen LogP contribution in [-0.2, 0) is 6.54 Å². The monoisotopic (exact) mass is 349 g/mol. The first-order valence-corrected chi connectivity index (χ1v) is 8.34. The van der Waals surface area contributed by atoms with Gasteiger partial charge in [0, 0.05) is 23.9 Å². The molecular formula is C18H19N7O. The maximum absolute atomic E-state index is 5.87. The van der Waals surface area contributed by atoms with Gasteiger partial charge in [0.15, 0.2) is 5.65 Å². The molecule has 0 saturated carbocycles. The van der Waals surface area contributed by atoms with Crippen molar-refractivity contribution >= 4 is 17.5 Å². The van der Waals surface area contributed by atoms with Crippen LogP contribution in [0.1, 0.15) is 30.9 Å². The summed E-state index contributed by atoms with van der Waals surface area (Å²) >= 11 is 0. The second-order valence-corrected chi connectivity index (χ2v) is 6.31. The predicted molar refractivity (Wildman–Crippen MR) is 98.5 cm³/mol. The fourth-order valence-electron chi connectivity index (χ4n) is 2.72. The first-order chi connectivity index (χ1) is 12.6. The van der Waals surface area contributed by atoms with Crippen LogP contribution in [0, 0.1) is 0 Å². The van der Waals surface area contributed by atoms with E-state index in [2.05, 4.69) is 39.2 Å². The Morgan fingerprint density at radius 3 is 2.77 bits per heavy atom. The van der Waals surface area contributed by atoms with Crippen LogP contribution in [0.15, 0.2) is 47.5 Å². The molecule has 4 aromatic rings. The molecule has 0 atom stereocenters. The van der Waals surface area contributed by atoms with E-state index in [0.29, 0.717) is 18.4 Å². The standard InChI is InChI=1S/C18H19N7O/c1-11(2)14-9-22-25-16(14)23-17(19)24-18(25)21-8-12-3-4-15(20-7-12)13-5-6-26-10-13/h3-7,9-11H,8H2,1-2H3,(H3,19,21,23,24). The van der Waals surface area contributed by atoms with Crippen LogP contribution in [-0.4, -0.2) is 24.6 Å². The van der Waals surface area contributed by atoms with Crippen LogP contribution >= 0.6 is 0 Å². The lowest BCUT2D eigenvalue weighted by atomic mass is 10.1. The van der Waals surface area contributed by atoms with Crippen LogP contribution in [0.5, 0.6) is 0 Å².